The summed E-state index contributed by atoms with van der Waals surface area (Å²) in [7, 11) is 0. The third-order valence-electron chi connectivity index (χ3n) is 5.80. The van der Waals surface area contributed by atoms with Gasteiger partial charge in [-0.25, -0.2) is 4.79 Å². The summed E-state index contributed by atoms with van der Waals surface area (Å²) >= 11 is 0. The van der Waals surface area contributed by atoms with Crippen LogP contribution in [0.3, 0.4) is 0 Å². The van der Waals surface area contributed by atoms with Gasteiger partial charge >= 0.3 is 6.09 Å². The Morgan fingerprint density at radius 1 is 1.29 bits per heavy atom. The molecule has 2 N–H and O–H groups in total. The first-order valence-electron chi connectivity index (χ1n) is 10.5. The Morgan fingerprint density at radius 2 is 1.93 bits per heavy atom. The van der Waals surface area contributed by atoms with Crippen molar-refractivity contribution in [3.8, 4) is 6.07 Å². The zero-order chi connectivity index (χ0) is 20.9. The van der Waals surface area contributed by atoms with Crippen molar-refractivity contribution in [2.75, 3.05) is 13.1 Å². The molecule has 2 amide bonds. The molecule has 0 unspecified atom stereocenters. The number of amides is 2. The first-order chi connectivity index (χ1) is 13.1. The van der Waals surface area contributed by atoms with Crippen LogP contribution in [0.5, 0.6) is 0 Å². The molecule has 0 aromatic rings. The molecule has 2 fully saturated rings. The molecule has 2 aliphatic rings. The smallest absolute Gasteiger partial charge is 0.407 e. The standard InChI is InChI=1S/C21H36N4O3/c1-15-11-17(12-23-19(27)28-20(3,4)5)13-25(15)16(2)18(26)24-21(14-22)9-7-6-8-10-21/h15-17H,6-13H2,1-5H3,(H,23,27)(H,24,26)/t15-,16+,17+/m1/s1. The minimum absolute atomic E-state index is 0.0731. The molecule has 3 atom stereocenters. The highest BCUT2D eigenvalue weighted by atomic mass is 16.6. The van der Waals surface area contributed by atoms with Crippen LogP contribution in [0.2, 0.25) is 0 Å². The molecular formula is C21H36N4O3. The molecule has 7 nitrogen and oxygen atoms in total. The van der Waals surface area contributed by atoms with Gasteiger partial charge in [0.1, 0.15) is 11.1 Å². The number of nitriles is 1. The summed E-state index contributed by atoms with van der Waals surface area (Å²) in [6, 6.07) is 2.30. The maximum Gasteiger partial charge on any atom is 0.407 e. The first-order valence-corrected chi connectivity index (χ1v) is 10.5. The summed E-state index contributed by atoms with van der Waals surface area (Å²) in [5, 5.41) is 15.5. The number of hydrogen-bond donors (Lipinski definition) is 2. The molecule has 1 saturated carbocycles. The van der Waals surface area contributed by atoms with E-state index in [0.717, 1.165) is 45.1 Å². The van der Waals surface area contributed by atoms with Gasteiger partial charge in [0.15, 0.2) is 0 Å². The predicted octanol–water partition coefficient (Wildman–Crippen LogP) is 2.95. The van der Waals surface area contributed by atoms with Gasteiger partial charge < -0.3 is 15.4 Å². The van der Waals surface area contributed by atoms with E-state index < -0.39 is 17.2 Å². The van der Waals surface area contributed by atoms with Crippen molar-refractivity contribution in [2.24, 2.45) is 5.92 Å². The first kappa shape index (κ1) is 22.5. The van der Waals surface area contributed by atoms with E-state index in [4.69, 9.17) is 4.74 Å². The summed E-state index contributed by atoms with van der Waals surface area (Å²) in [6.07, 6.45) is 5.08. The van der Waals surface area contributed by atoms with E-state index in [1.165, 1.54) is 0 Å². The van der Waals surface area contributed by atoms with Gasteiger partial charge in [0.2, 0.25) is 5.91 Å². The molecule has 158 valence electrons. The lowest BCUT2D eigenvalue weighted by molar-refractivity contribution is -0.127. The molecule has 1 heterocycles. The van der Waals surface area contributed by atoms with Crippen LogP contribution < -0.4 is 10.6 Å². The van der Waals surface area contributed by atoms with Gasteiger partial charge in [-0.2, -0.15) is 5.26 Å². The second-order valence-electron chi connectivity index (χ2n) is 9.45. The summed E-state index contributed by atoms with van der Waals surface area (Å²) in [4.78, 5) is 26.9. The molecule has 7 heteroatoms. The van der Waals surface area contributed by atoms with Crippen LogP contribution in [0.15, 0.2) is 0 Å². The van der Waals surface area contributed by atoms with Crippen molar-refractivity contribution >= 4 is 12.0 Å². The third kappa shape index (κ3) is 6.10. The number of hydrogen-bond acceptors (Lipinski definition) is 5. The van der Waals surface area contributed by atoms with Crippen molar-refractivity contribution in [2.45, 2.75) is 96.4 Å². The average Bonchev–Trinajstić information content (AvgIpc) is 2.99. The number of nitrogens with zero attached hydrogens (tertiary/aromatic N) is 2. The van der Waals surface area contributed by atoms with Crippen molar-refractivity contribution < 1.29 is 14.3 Å². The Hall–Kier alpha value is -1.81. The van der Waals surface area contributed by atoms with E-state index in [1.54, 1.807) is 0 Å². The van der Waals surface area contributed by atoms with E-state index in [1.807, 2.05) is 27.7 Å². The monoisotopic (exact) mass is 392 g/mol. The van der Waals surface area contributed by atoms with Crippen LogP contribution in [-0.2, 0) is 9.53 Å². The number of nitrogens with one attached hydrogen (secondary N) is 2. The SMILES string of the molecule is C[C@@H]1C[C@@H](CNC(=O)OC(C)(C)C)CN1[C@@H](C)C(=O)NC1(C#N)CCCCC1. The van der Waals surface area contributed by atoms with Crippen molar-refractivity contribution in [1.29, 1.82) is 5.26 Å². The fourth-order valence-corrected chi connectivity index (χ4v) is 4.31. The molecule has 0 aromatic carbocycles. The Morgan fingerprint density at radius 3 is 2.50 bits per heavy atom. The number of alkyl carbamates (subject to hydrolysis) is 1. The van der Waals surface area contributed by atoms with E-state index in [2.05, 4.69) is 28.5 Å². The maximum atomic E-state index is 12.8. The lowest BCUT2D eigenvalue weighted by Gasteiger charge is -2.35. The Bertz CT molecular complexity index is 602. The summed E-state index contributed by atoms with van der Waals surface area (Å²) < 4.78 is 5.29. The molecule has 2 rings (SSSR count). The van der Waals surface area contributed by atoms with Crippen molar-refractivity contribution in [1.82, 2.24) is 15.5 Å². The summed E-state index contributed by atoms with van der Waals surface area (Å²) in [5.41, 5.74) is -1.22. The van der Waals surface area contributed by atoms with Crippen molar-refractivity contribution in [3.63, 3.8) is 0 Å². The minimum Gasteiger partial charge on any atom is -0.444 e. The van der Waals surface area contributed by atoms with Crippen molar-refractivity contribution in [3.05, 3.63) is 0 Å². The fraction of sp³-hybridized carbons (Fsp3) is 0.857. The zero-order valence-corrected chi connectivity index (χ0v) is 18.0. The van der Waals surface area contributed by atoms with Gasteiger partial charge in [0, 0.05) is 19.1 Å². The van der Waals surface area contributed by atoms with Crippen LogP contribution in [0.25, 0.3) is 0 Å². The van der Waals surface area contributed by atoms with Crippen LogP contribution >= 0.6 is 0 Å². The highest BCUT2D eigenvalue weighted by Crippen LogP contribution is 2.29. The minimum atomic E-state index is -0.704. The topological polar surface area (TPSA) is 94.5 Å². The predicted molar refractivity (Wildman–Crippen MR) is 108 cm³/mol. The van der Waals surface area contributed by atoms with Crippen LogP contribution in [0.1, 0.15) is 73.1 Å². The molecule has 0 aromatic heterocycles. The molecule has 0 bridgehead atoms. The van der Waals surface area contributed by atoms with E-state index in [9.17, 15) is 14.9 Å². The highest BCUT2D eigenvalue weighted by Gasteiger charge is 2.39. The number of ether oxygens (including phenoxy) is 1. The lowest BCUT2D eigenvalue weighted by Crippen LogP contribution is -2.55. The maximum absolute atomic E-state index is 12.8. The summed E-state index contributed by atoms with van der Waals surface area (Å²) in [6.45, 7) is 10.8. The number of carbonyl (C=O) groups is 2. The molecule has 1 saturated heterocycles. The van der Waals surface area contributed by atoms with Gasteiger partial charge in [0.05, 0.1) is 12.1 Å². The summed E-state index contributed by atoms with van der Waals surface area (Å²) in [5.74, 6) is 0.202. The number of likely N-dealkylation sites (tertiary alicyclic amines) is 1. The van der Waals surface area contributed by atoms with Crippen LogP contribution in [-0.4, -0.2) is 53.2 Å². The van der Waals surface area contributed by atoms with E-state index in [0.29, 0.717) is 6.54 Å². The highest BCUT2D eigenvalue weighted by molar-refractivity contribution is 5.82. The normalized spacial score (nSPS) is 26.1. The largest absolute Gasteiger partial charge is 0.444 e. The molecule has 0 spiro atoms. The quantitative estimate of drug-likeness (QED) is 0.750. The molecule has 0 radical (unpaired) electrons. The van der Waals surface area contributed by atoms with Gasteiger partial charge in [0.25, 0.3) is 0 Å². The second kappa shape index (κ2) is 9.13. The lowest BCUT2D eigenvalue weighted by atomic mass is 9.82. The van der Waals surface area contributed by atoms with E-state index >= 15 is 0 Å². The Kier molecular flexibility index (Phi) is 7.33. The fourth-order valence-electron chi connectivity index (χ4n) is 4.31. The van der Waals surface area contributed by atoms with Gasteiger partial charge in [-0.15, -0.1) is 0 Å². The average molecular weight is 393 g/mol. The van der Waals surface area contributed by atoms with Gasteiger partial charge in [-0.05, 0) is 59.8 Å². The van der Waals surface area contributed by atoms with Gasteiger partial charge in [-0.3, -0.25) is 9.69 Å². The van der Waals surface area contributed by atoms with Crippen LogP contribution in [0.4, 0.5) is 4.79 Å². The number of carbonyl (C=O) groups excluding carboxylic acids is 2. The number of rotatable bonds is 5. The Labute approximate surface area is 169 Å². The second-order valence-corrected chi connectivity index (χ2v) is 9.45. The van der Waals surface area contributed by atoms with Gasteiger partial charge in [-0.1, -0.05) is 19.3 Å². The molecule has 1 aliphatic heterocycles. The molecular weight excluding hydrogens is 356 g/mol. The molecule has 28 heavy (non-hydrogen) atoms. The Balaban J connectivity index is 1.86. The third-order valence-corrected chi connectivity index (χ3v) is 5.80. The molecule has 1 aliphatic carbocycles. The van der Waals surface area contributed by atoms with E-state index in [-0.39, 0.29) is 23.9 Å². The van der Waals surface area contributed by atoms with Crippen LogP contribution in [0, 0.1) is 17.2 Å². The zero-order valence-electron chi connectivity index (χ0n) is 18.0.